The van der Waals surface area contributed by atoms with Crippen LogP contribution in [0.4, 0.5) is 0 Å². The SMILES string of the molecule is CCc1c(C)nc2c(C)ccc(C)n2c1=O. The summed E-state index contributed by atoms with van der Waals surface area (Å²) in [6.45, 7) is 7.81. The first-order chi connectivity index (χ1) is 7.56. The maximum absolute atomic E-state index is 12.3. The topological polar surface area (TPSA) is 34.4 Å². The van der Waals surface area contributed by atoms with E-state index in [1.54, 1.807) is 4.40 Å². The van der Waals surface area contributed by atoms with Gasteiger partial charge in [-0.2, -0.15) is 0 Å². The number of nitrogens with zero attached hydrogens (tertiary/aromatic N) is 2. The van der Waals surface area contributed by atoms with E-state index in [1.165, 1.54) is 0 Å². The molecule has 0 radical (unpaired) electrons. The molecule has 0 N–H and O–H groups in total. The van der Waals surface area contributed by atoms with E-state index in [0.29, 0.717) is 0 Å². The van der Waals surface area contributed by atoms with Crippen molar-refractivity contribution in [3.8, 4) is 0 Å². The lowest BCUT2D eigenvalue weighted by atomic mass is 10.1. The van der Waals surface area contributed by atoms with Gasteiger partial charge in [-0.25, -0.2) is 4.98 Å². The Kier molecular flexibility index (Phi) is 2.54. The minimum Gasteiger partial charge on any atom is -0.269 e. The lowest BCUT2D eigenvalue weighted by Crippen LogP contribution is -2.23. The minimum absolute atomic E-state index is 0.0752. The van der Waals surface area contributed by atoms with E-state index in [0.717, 1.165) is 34.6 Å². The summed E-state index contributed by atoms with van der Waals surface area (Å²) in [6, 6.07) is 3.96. The number of hydrogen-bond acceptors (Lipinski definition) is 2. The second-order valence-electron chi connectivity index (χ2n) is 4.15. The van der Waals surface area contributed by atoms with Gasteiger partial charge in [-0.05, 0) is 38.8 Å². The van der Waals surface area contributed by atoms with Gasteiger partial charge in [0.15, 0.2) is 0 Å². The fourth-order valence-corrected chi connectivity index (χ4v) is 2.06. The van der Waals surface area contributed by atoms with Crippen LogP contribution in [0, 0.1) is 20.8 Å². The predicted molar refractivity (Wildman–Crippen MR) is 65.1 cm³/mol. The summed E-state index contributed by atoms with van der Waals surface area (Å²) in [7, 11) is 0. The molecule has 0 saturated carbocycles. The molecule has 2 aromatic heterocycles. The van der Waals surface area contributed by atoms with E-state index in [4.69, 9.17) is 0 Å². The summed E-state index contributed by atoms with van der Waals surface area (Å²) in [5.74, 6) is 0. The van der Waals surface area contributed by atoms with Gasteiger partial charge in [-0.1, -0.05) is 13.0 Å². The van der Waals surface area contributed by atoms with Crippen LogP contribution in [0.5, 0.6) is 0 Å². The molecule has 0 bridgehead atoms. The highest BCUT2D eigenvalue weighted by Gasteiger charge is 2.10. The molecule has 0 amide bonds. The number of aryl methyl sites for hydroxylation is 3. The summed E-state index contributed by atoms with van der Waals surface area (Å²) in [6.07, 6.45) is 0.730. The zero-order chi connectivity index (χ0) is 11.9. The molecule has 3 heteroatoms. The van der Waals surface area contributed by atoms with Crippen molar-refractivity contribution in [2.45, 2.75) is 34.1 Å². The van der Waals surface area contributed by atoms with Crippen LogP contribution in [0.25, 0.3) is 5.65 Å². The summed E-state index contributed by atoms with van der Waals surface area (Å²) < 4.78 is 1.71. The fourth-order valence-electron chi connectivity index (χ4n) is 2.06. The Morgan fingerprint density at radius 2 is 1.94 bits per heavy atom. The van der Waals surface area contributed by atoms with Gasteiger partial charge in [0.2, 0.25) is 0 Å². The highest BCUT2D eigenvalue weighted by atomic mass is 16.1. The van der Waals surface area contributed by atoms with Gasteiger partial charge in [0.05, 0.1) is 0 Å². The molecule has 0 aliphatic carbocycles. The van der Waals surface area contributed by atoms with Crippen LogP contribution in [0.1, 0.15) is 29.4 Å². The van der Waals surface area contributed by atoms with Crippen molar-refractivity contribution in [1.29, 1.82) is 0 Å². The number of pyridine rings is 1. The summed E-state index contributed by atoms with van der Waals surface area (Å²) in [5, 5.41) is 0. The Balaban J connectivity index is 3.05. The van der Waals surface area contributed by atoms with Crippen molar-refractivity contribution in [3.05, 3.63) is 45.0 Å². The highest BCUT2D eigenvalue weighted by molar-refractivity contribution is 5.49. The quantitative estimate of drug-likeness (QED) is 0.732. The van der Waals surface area contributed by atoms with Gasteiger partial charge in [0.25, 0.3) is 5.56 Å². The molecule has 2 heterocycles. The standard InChI is InChI=1S/C13H16N2O/c1-5-11-10(4)14-12-8(2)6-7-9(3)15(12)13(11)16/h6-7H,5H2,1-4H3. The Morgan fingerprint density at radius 1 is 1.25 bits per heavy atom. The summed E-state index contributed by atoms with van der Waals surface area (Å²) in [4.78, 5) is 16.8. The van der Waals surface area contributed by atoms with E-state index >= 15 is 0 Å². The number of fused-ring (bicyclic) bond motifs is 1. The van der Waals surface area contributed by atoms with E-state index in [1.807, 2.05) is 39.8 Å². The second-order valence-corrected chi connectivity index (χ2v) is 4.15. The fraction of sp³-hybridized carbons (Fsp3) is 0.385. The largest absolute Gasteiger partial charge is 0.269 e. The molecule has 0 aliphatic rings. The number of aromatic nitrogens is 2. The van der Waals surface area contributed by atoms with E-state index in [2.05, 4.69) is 4.98 Å². The van der Waals surface area contributed by atoms with Crippen LogP contribution in [-0.2, 0) is 6.42 Å². The molecule has 0 atom stereocenters. The zero-order valence-electron chi connectivity index (χ0n) is 10.2. The van der Waals surface area contributed by atoms with Crippen molar-refractivity contribution < 1.29 is 0 Å². The van der Waals surface area contributed by atoms with Crippen molar-refractivity contribution in [1.82, 2.24) is 9.38 Å². The molecule has 0 spiro atoms. The van der Waals surface area contributed by atoms with Crippen LogP contribution in [0.2, 0.25) is 0 Å². The normalized spacial score (nSPS) is 11.0. The third-order valence-corrected chi connectivity index (χ3v) is 3.02. The summed E-state index contributed by atoms with van der Waals surface area (Å²) in [5.41, 5.74) is 4.49. The summed E-state index contributed by atoms with van der Waals surface area (Å²) >= 11 is 0. The first-order valence-corrected chi connectivity index (χ1v) is 5.54. The van der Waals surface area contributed by atoms with Gasteiger partial charge in [-0.15, -0.1) is 0 Å². The van der Waals surface area contributed by atoms with Gasteiger partial charge in [0, 0.05) is 17.0 Å². The Labute approximate surface area is 94.8 Å². The average Bonchev–Trinajstić information content (AvgIpc) is 2.24. The van der Waals surface area contributed by atoms with Crippen molar-refractivity contribution in [2.24, 2.45) is 0 Å². The highest BCUT2D eigenvalue weighted by Crippen LogP contribution is 2.11. The van der Waals surface area contributed by atoms with Crippen molar-refractivity contribution >= 4 is 5.65 Å². The Bertz CT molecular complexity index is 611. The van der Waals surface area contributed by atoms with Crippen LogP contribution < -0.4 is 5.56 Å². The first kappa shape index (κ1) is 10.9. The van der Waals surface area contributed by atoms with Crippen LogP contribution >= 0.6 is 0 Å². The predicted octanol–water partition coefficient (Wildman–Crippen LogP) is 2.18. The Morgan fingerprint density at radius 3 is 2.56 bits per heavy atom. The van der Waals surface area contributed by atoms with Gasteiger partial charge in [-0.3, -0.25) is 9.20 Å². The molecule has 0 saturated heterocycles. The minimum atomic E-state index is 0.0752. The molecular formula is C13H16N2O. The third-order valence-electron chi connectivity index (χ3n) is 3.02. The number of rotatable bonds is 1. The molecule has 0 unspecified atom stereocenters. The van der Waals surface area contributed by atoms with Gasteiger partial charge >= 0.3 is 0 Å². The molecule has 3 nitrogen and oxygen atoms in total. The maximum Gasteiger partial charge on any atom is 0.261 e. The third kappa shape index (κ3) is 1.43. The Hall–Kier alpha value is -1.64. The molecule has 2 aromatic rings. The lowest BCUT2D eigenvalue weighted by Gasteiger charge is -2.10. The average molecular weight is 216 g/mol. The molecule has 0 aromatic carbocycles. The lowest BCUT2D eigenvalue weighted by molar-refractivity contribution is 0.906. The zero-order valence-corrected chi connectivity index (χ0v) is 10.2. The molecule has 16 heavy (non-hydrogen) atoms. The van der Waals surface area contributed by atoms with E-state index in [9.17, 15) is 4.79 Å². The number of hydrogen-bond donors (Lipinski definition) is 0. The maximum atomic E-state index is 12.3. The monoisotopic (exact) mass is 216 g/mol. The van der Waals surface area contributed by atoms with Crippen molar-refractivity contribution in [3.63, 3.8) is 0 Å². The van der Waals surface area contributed by atoms with Crippen LogP contribution in [-0.4, -0.2) is 9.38 Å². The first-order valence-electron chi connectivity index (χ1n) is 5.54. The van der Waals surface area contributed by atoms with Crippen LogP contribution in [0.3, 0.4) is 0 Å². The molecule has 0 aliphatic heterocycles. The second kappa shape index (κ2) is 3.74. The van der Waals surface area contributed by atoms with Gasteiger partial charge < -0.3 is 0 Å². The van der Waals surface area contributed by atoms with E-state index in [-0.39, 0.29) is 5.56 Å². The molecule has 0 fully saturated rings. The van der Waals surface area contributed by atoms with Crippen molar-refractivity contribution in [2.75, 3.05) is 0 Å². The molecule has 2 rings (SSSR count). The van der Waals surface area contributed by atoms with Gasteiger partial charge in [0.1, 0.15) is 5.65 Å². The van der Waals surface area contributed by atoms with E-state index < -0.39 is 0 Å². The molecule has 84 valence electrons. The van der Waals surface area contributed by atoms with Crippen LogP contribution in [0.15, 0.2) is 16.9 Å². The smallest absolute Gasteiger partial charge is 0.261 e. The molecular weight excluding hydrogens is 200 g/mol.